The first kappa shape index (κ1) is 19.2. The molecule has 0 unspecified atom stereocenters. The molecule has 1 aliphatic heterocycles. The fraction of sp³-hybridized carbons (Fsp3) is 0.474. The van der Waals surface area contributed by atoms with Gasteiger partial charge in [0.25, 0.3) is 0 Å². The minimum absolute atomic E-state index is 0.000443. The number of pyridine rings is 1. The van der Waals surface area contributed by atoms with E-state index in [1.807, 2.05) is 35.4 Å². The Morgan fingerprint density at radius 1 is 1.28 bits per heavy atom. The van der Waals surface area contributed by atoms with E-state index >= 15 is 0 Å². The number of allylic oxidation sites excluding steroid dienone is 2. The molecule has 6 heteroatoms. The van der Waals surface area contributed by atoms with Gasteiger partial charge in [0.1, 0.15) is 11.6 Å². The van der Waals surface area contributed by atoms with Gasteiger partial charge in [-0.05, 0) is 49.3 Å². The average molecular weight is 361 g/mol. The Hall–Kier alpha value is -2.08. The van der Waals surface area contributed by atoms with Gasteiger partial charge in [-0.25, -0.2) is 9.78 Å². The molecule has 136 valence electrons. The molecule has 2 heterocycles. The number of hydrogen-bond donors (Lipinski definition) is 0. The summed E-state index contributed by atoms with van der Waals surface area (Å²) in [7, 11) is -0.567. The number of carbonyl (C=O) groups excluding carboxylic acids is 1. The van der Waals surface area contributed by atoms with Crippen LogP contribution in [0.5, 0.6) is 0 Å². The molecular weight excluding hydrogens is 332 g/mol. The van der Waals surface area contributed by atoms with Crippen LogP contribution in [0, 0.1) is 0 Å². The highest BCUT2D eigenvalue weighted by Crippen LogP contribution is 2.39. The van der Waals surface area contributed by atoms with Crippen LogP contribution in [0.3, 0.4) is 0 Å². The third kappa shape index (κ3) is 4.12. The molecule has 0 bridgehead atoms. The number of ether oxygens (including phenoxy) is 1. The molecule has 0 N–H and O–H groups in total. The summed E-state index contributed by atoms with van der Waals surface area (Å²) in [6.07, 6.45) is 5.92. The molecule has 0 amide bonds. The lowest BCUT2D eigenvalue weighted by Crippen LogP contribution is -2.44. The largest absolute Gasteiger partial charge is 0.545 e. The third-order valence-electron chi connectivity index (χ3n) is 4.91. The summed E-state index contributed by atoms with van der Waals surface area (Å²) in [6, 6.07) is 5.33. The molecule has 1 atom stereocenters. The van der Waals surface area contributed by atoms with Gasteiger partial charge in [0.15, 0.2) is 5.69 Å². The van der Waals surface area contributed by atoms with Gasteiger partial charge < -0.3 is 14.1 Å². The molecule has 0 spiro atoms. The van der Waals surface area contributed by atoms with Gasteiger partial charge in [0.2, 0.25) is 8.32 Å². The molecular formula is C19H28N2O3Si. The molecule has 1 aliphatic rings. The first-order chi connectivity index (χ1) is 11.6. The summed E-state index contributed by atoms with van der Waals surface area (Å²) in [4.78, 5) is 18.2. The van der Waals surface area contributed by atoms with Gasteiger partial charge in [-0.2, -0.15) is 0 Å². The Labute approximate surface area is 151 Å². The van der Waals surface area contributed by atoms with Crippen molar-refractivity contribution in [3.63, 3.8) is 0 Å². The van der Waals surface area contributed by atoms with E-state index in [1.54, 1.807) is 6.07 Å². The monoisotopic (exact) mass is 360 g/mol. The molecule has 0 fully saturated rings. The van der Waals surface area contributed by atoms with Gasteiger partial charge in [-0.15, -0.1) is 0 Å². The standard InChI is InChI=1S/C19H28N2O3Si/c1-14-16(24-25(6,7)19(2,3)4)11-9-13-21(14)17-12-8-10-15(20-17)18(22)23-5/h8-14H,1-7H3/t14-/m0/s1. The highest BCUT2D eigenvalue weighted by atomic mass is 28.4. The van der Waals surface area contributed by atoms with E-state index in [2.05, 4.69) is 45.8 Å². The van der Waals surface area contributed by atoms with Crippen LogP contribution in [0.25, 0.3) is 0 Å². The maximum absolute atomic E-state index is 11.7. The minimum Gasteiger partial charge on any atom is -0.545 e. The lowest BCUT2D eigenvalue weighted by atomic mass is 10.2. The minimum atomic E-state index is -1.92. The predicted molar refractivity (Wildman–Crippen MR) is 103 cm³/mol. The summed E-state index contributed by atoms with van der Waals surface area (Å²) in [5, 5.41) is 0.128. The highest BCUT2D eigenvalue weighted by Gasteiger charge is 2.40. The first-order valence-electron chi connectivity index (χ1n) is 8.48. The predicted octanol–water partition coefficient (Wildman–Crippen LogP) is 4.50. The molecule has 2 rings (SSSR count). The summed E-state index contributed by atoms with van der Waals surface area (Å²) < 4.78 is 11.3. The zero-order valence-electron chi connectivity index (χ0n) is 16.2. The van der Waals surface area contributed by atoms with Crippen molar-refractivity contribution in [3.05, 3.63) is 48.0 Å². The normalized spacial score (nSPS) is 18.0. The van der Waals surface area contributed by atoms with Crippen LogP contribution in [0.15, 0.2) is 42.3 Å². The number of anilines is 1. The molecule has 1 aromatic heterocycles. The van der Waals surface area contributed by atoms with E-state index in [-0.39, 0.29) is 11.1 Å². The van der Waals surface area contributed by atoms with Gasteiger partial charge in [0.05, 0.1) is 13.2 Å². The molecule has 0 saturated heterocycles. The van der Waals surface area contributed by atoms with Gasteiger partial charge in [-0.3, -0.25) is 0 Å². The van der Waals surface area contributed by atoms with Crippen LogP contribution < -0.4 is 4.90 Å². The molecule has 0 aliphatic carbocycles. The molecule has 1 aromatic rings. The van der Waals surface area contributed by atoms with Crippen molar-refractivity contribution in [3.8, 4) is 0 Å². The maximum Gasteiger partial charge on any atom is 0.356 e. The lowest BCUT2D eigenvalue weighted by Gasteiger charge is -2.41. The van der Waals surface area contributed by atoms with Crippen molar-refractivity contribution in [1.82, 2.24) is 4.98 Å². The van der Waals surface area contributed by atoms with E-state index in [0.717, 1.165) is 5.76 Å². The number of nitrogens with zero attached hydrogens (tertiary/aromatic N) is 2. The van der Waals surface area contributed by atoms with Crippen molar-refractivity contribution in [2.45, 2.75) is 51.9 Å². The van der Waals surface area contributed by atoms with Gasteiger partial charge >= 0.3 is 5.97 Å². The second kappa shape index (κ2) is 7.04. The first-order valence-corrected chi connectivity index (χ1v) is 11.4. The zero-order valence-corrected chi connectivity index (χ0v) is 17.2. The number of rotatable bonds is 4. The quantitative estimate of drug-likeness (QED) is 0.585. The Balaban J connectivity index is 2.26. The molecule has 0 saturated carbocycles. The van der Waals surface area contributed by atoms with E-state index < -0.39 is 14.3 Å². The third-order valence-corrected chi connectivity index (χ3v) is 9.27. The van der Waals surface area contributed by atoms with Crippen LogP contribution in [-0.2, 0) is 9.16 Å². The summed E-state index contributed by atoms with van der Waals surface area (Å²) in [5.74, 6) is 1.18. The molecule has 5 nitrogen and oxygen atoms in total. The topological polar surface area (TPSA) is 51.7 Å². The fourth-order valence-electron chi connectivity index (χ4n) is 2.26. The second-order valence-corrected chi connectivity index (χ2v) is 12.5. The van der Waals surface area contributed by atoms with E-state index in [0.29, 0.717) is 11.5 Å². The van der Waals surface area contributed by atoms with Crippen molar-refractivity contribution < 1.29 is 14.0 Å². The Morgan fingerprint density at radius 2 is 1.96 bits per heavy atom. The number of carbonyl (C=O) groups is 1. The summed E-state index contributed by atoms with van der Waals surface area (Å²) >= 11 is 0. The zero-order chi connectivity index (χ0) is 18.8. The van der Waals surface area contributed by atoms with Crippen molar-refractivity contribution in [2.75, 3.05) is 12.0 Å². The van der Waals surface area contributed by atoms with Crippen molar-refractivity contribution in [1.29, 1.82) is 0 Å². The smallest absolute Gasteiger partial charge is 0.356 e. The van der Waals surface area contributed by atoms with Crippen LogP contribution >= 0.6 is 0 Å². The summed E-state index contributed by atoms with van der Waals surface area (Å²) in [6.45, 7) is 13.2. The van der Waals surface area contributed by atoms with Gasteiger partial charge in [0, 0.05) is 6.20 Å². The molecule has 0 aromatic carbocycles. The van der Waals surface area contributed by atoms with Crippen LogP contribution in [0.4, 0.5) is 5.82 Å². The maximum atomic E-state index is 11.7. The summed E-state index contributed by atoms with van der Waals surface area (Å²) in [5.41, 5.74) is 0.294. The van der Waals surface area contributed by atoms with Crippen LogP contribution in [0.2, 0.25) is 18.1 Å². The number of esters is 1. The van der Waals surface area contributed by atoms with E-state index in [9.17, 15) is 4.79 Å². The molecule has 25 heavy (non-hydrogen) atoms. The number of aromatic nitrogens is 1. The molecule has 0 radical (unpaired) electrons. The fourth-order valence-corrected chi connectivity index (χ4v) is 3.40. The van der Waals surface area contributed by atoms with Gasteiger partial charge in [-0.1, -0.05) is 26.8 Å². The Bertz CT molecular complexity index is 705. The van der Waals surface area contributed by atoms with Crippen molar-refractivity contribution >= 4 is 20.1 Å². The van der Waals surface area contributed by atoms with Crippen molar-refractivity contribution in [2.24, 2.45) is 0 Å². The second-order valence-electron chi connectivity index (χ2n) is 7.73. The van der Waals surface area contributed by atoms with Crippen LogP contribution in [-0.4, -0.2) is 32.4 Å². The Morgan fingerprint density at radius 3 is 2.56 bits per heavy atom. The highest BCUT2D eigenvalue weighted by molar-refractivity contribution is 6.74. The van der Waals surface area contributed by atoms with Crippen LogP contribution in [0.1, 0.15) is 38.2 Å². The Kier molecular flexibility index (Phi) is 5.42. The van der Waals surface area contributed by atoms with E-state index in [1.165, 1.54) is 7.11 Å². The average Bonchev–Trinajstić information content (AvgIpc) is 2.55. The van der Waals surface area contributed by atoms with E-state index in [4.69, 9.17) is 9.16 Å². The SMILES string of the molecule is COC(=O)c1cccc(N2C=CC=C(O[Si](C)(C)C(C)(C)C)[C@@H]2C)n1. The number of hydrogen-bond acceptors (Lipinski definition) is 5. The number of methoxy groups -OCH3 is 1. The lowest BCUT2D eigenvalue weighted by molar-refractivity contribution is 0.0594.